The van der Waals surface area contributed by atoms with Gasteiger partial charge in [-0.05, 0) is 65.4 Å². The number of carbonyl (C=O) groups is 2. The van der Waals surface area contributed by atoms with Gasteiger partial charge in [-0.3, -0.25) is 9.59 Å². The standard InChI is InChI=1S/C31H29Cl2FN4O2/c1-30(2,3)15-25-31(21-12-9-18(32)13-23(21)38-29(31)40)27(20-5-4-6-22(33)28(20)34)24(37-25)14-26(39)36-19-10-7-17(16-35)8-11-19/h4-13,24-25,27,37H,14-15H2,1-3H3,(H,36,39)(H,38,40). The van der Waals surface area contributed by atoms with E-state index in [0.29, 0.717) is 33.9 Å². The van der Waals surface area contributed by atoms with E-state index in [4.69, 9.17) is 28.5 Å². The quantitative estimate of drug-likeness (QED) is 0.311. The molecular weight excluding hydrogens is 550 g/mol. The van der Waals surface area contributed by atoms with Gasteiger partial charge in [-0.1, -0.05) is 62.2 Å². The van der Waals surface area contributed by atoms with Crippen molar-refractivity contribution in [3.8, 4) is 6.07 Å². The molecule has 1 saturated heterocycles. The van der Waals surface area contributed by atoms with E-state index in [-0.39, 0.29) is 34.2 Å². The first-order valence-corrected chi connectivity index (χ1v) is 13.8. The Morgan fingerprint density at radius 2 is 1.85 bits per heavy atom. The molecule has 2 aliphatic heterocycles. The van der Waals surface area contributed by atoms with Gasteiger partial charge in [-0.2, -0.15) is 5.26 Å². The van der Waals surface area contributed by atoms with Gasteiger partial charge in [-0.15, -0.1) is 0 Å². The largest absolute Gasteiger partial charge is 0.326 e. The van der Waals surface area contributed by atoms with E-state index >= 15 is 4.39 Å². The molecule has 3 N–H and O–H groups in total. The van der Waals surface area contributed by atoms with Gasteiger partial charge in [0.15, 0.2) is 0 Å². The van der Waals surface area contributed by atoms with Crippen molar-refractivity contribution in [2.24, 2.45) is 5.41 Å². The second kappa shape index (κ2) is 10.5. The Hall–Kier alpha value is -3.44. The lowest BCUT2D eigenvalue weighted by Gasteiger charge is -2.38. The van der Waals surface area contributed by atoms with Crippen LogP contribution in [0.4, 0.5) is 15.8 Å². The summed E-state index contributed by atoms with van der Waals surface area (Å²) >= 11 is 12.5. The summed E-state index contributed by atoms with van der Waals surface area (Å²) < 4.78 is 15.8. The number of rotatable bonds is 5. The third kappa shape index (κ3) is 4.96. The van der Waals surface area contributed by atoms with Crippen molar-refractivity contribution in [2.75, 3.05) is 10.6 Å². The number of anilines is 2. The highest BCUT2D eigenvalue weighted by molar-refractivity contribution is 6.31. The predicted octanol–water partition coefficient (Wildman–Crippen LogP) is 6.78. The van der Waals surface area contributed by atoms with Crippen molar-refractivity contribution < 1.29 is 14.0 Å². The van der Waals surface area contributed by atoms with Gasteiger partial charge in [0.2, 0.25) is 11.8 Å². The molecule has 9 heteroatoms. The average Bonchev–Trinajstić information content (AvgIpc) is 3.34. The topological polar surface area (TPSA) is 94.0 Å². The molecule has 1 fully saturated rings. The van der Waals surface area contributed by atoms with Crippen molar-refractivity contribution in [3.63, 3.8) is 0 Å². The summed E-state index contributed by atoms with van der Waals surface area (Å²) in [4.78, 5) is 27.5. The highest BCUT2D eigenvalue weighted by Crippen LogP contribution is 2.57. The lowest BCUT2D eigenvalue weighted by Crippen LogP contribution is -2.49. The minimum absolute atomic E-state index is 0.0325. The van der Waals surface area contributed by atoms with Crippen LogP contribution < -0.4 is 16.0 Å². The number of amides is 2. The Morgan fingerprint density at radius 1 is 1.12 bits per heavy atom. The van der Waals surface area contributed by atoms with Crippen LogP contribution in [-0.2, 0) is 15.0 Å². The molecule has 3 aromatic carbocycles. The van der Waals surface area contributed by atoms with Crippen molar-refractivity contribution >= 4 is 46.4 Å². The fourth-order valence-corrected chi connectivity index (χ4v) is 6.63. The predicted molar refractivity (Wildman–Crippen MR) is 155 cm³/mol. The van der Waals surface area contributed by atoms with E-state index in [9.17, 15) is 9.59 Å². The van der Waals surface area contributed by atoms with Crippen molar-refractivity contribution in [3.05, 3.63) is 93.2 Å². The molecule has 6 nitrogen and oxygen atoms in total. The third-order valence-corrected chi connectivity index (χ3v) is 8.27. The van der Waals surface area contributed by atoms with E-state index in [1.54, 1.807) is 48.5 Å². The molecule has 4 unspecified atom stereocenters. The smallest absolute Gasteiger partial charge is 0.237 e. The number of benzene rings is 3. The number of nitriles is 1. The monoisotopic (exact) mass is 578 g/mol. The molecule has 2 aliphatic rings. The Bertz CT molecular complexity index is 1530. The highest BCUT2D eigenvalue weighted by Gasteiger charge is 2.65. The Balaban J connectivity index is 1.63. The number of hydrogen-bond donors (Lipinski definition) is 3. The first-order valence-electron chi connectivity index (χ1n) is 13.1. The van der Waals surface area contributed by atoms with Crippen molar-refractivity contribution in [1.82, 2.24) is 5.32 Å². The summed E-state index contributed by atoms with van der Waals surface area (Å²) in [6.07, 6.45) is 0.546. The van der Waals surface area contributed by atoms with Crippen LogP contribution in [0.25, 0.3) is 0 Å². The van der Waals surface area contributed by atoms with Crippen LogP contribution in [-0.4, -0.2) is 23.9 Å². The lowest BCUT2D eigenvalue weighted by atomic mass is 9.62. The van der Waals surface area contributed by atoms with Crippen LogP contribution in [0.15, 0.2) is 60.7 Å². The maximum absolute atomic E-state index is 15.8. The zero-order valence-corrected chi connectivity index (χ0v) is 23.8. The Kier molecular flexibility index (Phi) is 7.39. The molecule has 0 saturated carbocycles. The van der Waals surface area contributed by atoms with Gasteiger partial charge in [0.25, 0.3) is 0 Å². The van der Waals surface area contributed by atoms with Crippen LogP contribution in [0.2, 0.25) is 10.0 Å². The summed E-state index contributed by atoms with van der Waals surface area (Å²) in [7, 11) is 0. The molecule has 2 amide bonds. The van der Waals surface area contributed by atoms with Gasteiger partial charge in [0.1, 0.15) is 11.2 Å². The summed E-state index contributed by atoms with van der Waals surface area (Å²) in [5, 5.41) is 18.9. The lowest BCUT2D eigenvalue weighted by molar-refractivity contribution is -0.122. The molecule has 3 aromatic rings. The van der Waals surface area contributed by atoms with Crippen molar-refractivity contribution in [1.29, 1.82) is 5.26 Å². The van der Waals surface area contributed by atoms with Crippen LogP contribution in [0.1, 0.15) is 56.2 Å². The number of nitrogens with one attached hydrogen (secondary N) is 3. The number of carbonyl (C=O) groups excluding carboxylic acids is 2. The second-order valence-electron chi connectivity index (χ2n) is 11.7. The summed E-state index contributed by atoms with van der Waals surface area (Å²) in [5.74, 6) is -1.95. The van der Waals surface area contributed by atoms with Gasteiger partial charge >= 0.3 is 0 Å². The SMILES string of the molecule is CC(C)(C)CC1NC(CC(=O)Nc2ccc(C#N)cc2)C(c2cccc(Cl)c2F)C12C(=O)Nc1cc(Cl)ccc12. The van der Waals surface area contributed by atoms with E-state index < -0.39 is 29.2 Å². The van der Waals surface area contributed by atoms with E-state index in [1.165, 1.54) is 6.07 Å². The first-order chi connectivity index (χ1) is 18.9. The Labute approximate surface area is 242 Å². The molecule has 5 rings (SSSR count). The summed E-state index contributed by atoms with van der Waals surface area (Å²) in [5.41, 5.74) is 1.15. The molecule has 206 valence electrons. The zero-order valence-electron chi connectivity index (χ0n) is 22.3. The minimum Gasteiger partial charge on any atom is -0.326 e. The van der Waals surface area contributed by atoms with E-state index in [2.05, 4.69) is 42.8 Å². The van der Waals surface area contributed by atoms with Crippen LogP contribution in [0.3, 0.4) is 0 Å². The fourth-order valence-electron chi connectivity index (χ4n) is 6.28. The van der Waals surface area contributed by atoms with Crippen LogP contribution in [0, 0.1) is 22.6 Å². The molecule has 4 atom stereocenters. The van der Waals surface area contributed by atoms with Gasteiger partial charge < -0.3 is 16.0 Å². The molecular formula is C31H29Cl2FN4O2. The van der Waals surface area contributed by atoms with Crippen molar-refractivity contribution in [2.45, 2.75) is 57.0 Å². The highest BCUT2D eigenvalue weighted by atomic mass is 35.5. The molecule has 40 heavy (non-hydrogen) atoms. The van der Waals surface area contributed by atoms with Gasteiger partial charge in [-0.25, -0.2) is 4.39 Å². The maximum Gasteiger partial charge on any atom is 0.237 e. The number of fused-ring (bicyclic) bond motifs is 2. The zero-order chi connectivity index (χ0) is 28.8. The number of halogens is 3. The molecule has 0 aliphatic carbocycles. The van der Waals surface area contributed by atoms with Crippen LogP contribution in [0.5, 0.6) is 0 Å². The molecule has 0 bridgehead atoms. The van der Waals surface area contributed by atoms with E-state index in [0.717, 1.165) is 0 Å². The van der Waals surface area contributed by atoms with Crippen LogP contribution >= 0.6 is 23.2 Å². The number of hydrogen-bond acceptors (Lipinski definition) is 4. The average molecular weight is 580 g/mol. The third-order valence-electron chi connectivity index (χ3n) is 7.75. The van der Waals surface area contributed by atoms with Gasteiger partial charge in [0, 0.05) is 40.8 Å². The molecule has 0 radical (unpaired) electrons. The van der Waals surface area contributed by atoms with E-state index in [1.807, 2.05) is 6.07 Å². The first kappa shape index (κ1) is 28.1. The second-order valence-corrected chi connectivity index (χ2v) is 12.5. The molecule has 0 aromatic heterocycles. The minimum atomic E-state index is -1.22. The Morgan fingerprint density at radius 3 is 2.52 bits per heavy atom. The molecule has 2 heterocycles. The molecule has 1 spiro atoms. The number of nitrogens with zero attached hydrogens (tertiary/aromatic N) is 1. The van der Waals surface area contributed by atoms with Gasteiger partial charge in [0.05, 0.1) is 16.7 Å². The normalized spacial score (nSPS) is 23.5. The summed E-state index contributed by atoms with van der Waals surface area (Å²) in [6.45, 7) is 6.24. The maximum atomic E-state index is 15.8. The summed E-state index contributed by atoms with van der Waals surface area (Å²) in [6, 6.07) is 17.6. The fraction of sp³-hybridized carbons (Fsp3) is 0.323.